The molecule has 192 valence electrons. The van der Waals surface area contributed by atoms with Crippen LogP contribution >= 0.6 is 0 Å². The van der Waals surface area contributed by atoms with Crippen molar-refractivity contribution in [1.29, 1.82) is 0 Å². The van der Waals surface area contributed by atoms with Crippen LogP contribution in [0.15, 0.2) is 69.9 Å². The molecule has 1 aliphatic carbocycles. The summed E-state index contributed by atoms with van der Waals surface area (Å²) in [5.74, 6) is 2.57. The van der Waals surface area contributed by atoms with Crippen molar-refractivity contribution < 1.29 is 28.2 Å². The molecule has 5 rings (SSSR count). The van der Waals surface area contributed by atoms with E-state index < -0.39 is 0 Å². The minimum Gasteiger partial charge on any atom is -0.493 e. The average Bonchev–Trinajstić information content (AvgIpc) is 3.61. The van der Waals surface area contributed by atoms with Gasteiger partial charge in [0, 0.05) is 5.92 Å². The van der Waals surface area contributed by atoms with E-state index >= 15 is 0 Å². The van der Waals surface area contributed by atoms with Gasteiger partial charge in [-0.25, -0.2) is 5.01 Å². The molecule has 0 unspecified atom stereocenters. The highest BCUT2D eigenvalue weighted by atomic mass is 16.5. The van der Waals surface area contributed by atoms with Gasteiger partial charge in [-0.2, -0.15) is 5.10 Å². The van der Waals surface area contributed by atoms with Gasteiger partial charge in [-0.1, -0.05) is 12.1 Å². The average molecular weight is 503 g/mol. The predicted octanol–water partition coefficient (Wildman–Crippen LogP) is 5.75. The lowest BCUT2D eigenvalue weighted by molar-refractivity contribution is 0.0648. The van der Waals surface area contributed by atoms with Crippen LogP contribution in [0.2, 0.25) is 0 Å². The number of methoxy groups -OCH3 is 4. The highest BCUT2D eigenvalue weighted by Crippen LogP contribution is 2.46. The Balaban J connectivity index is 1.57. The molecule has 3 aromatic rings. The number of hydrogen-bond acceptors (Lipinski definition) is 7. The van der Waals surface area contributed by atoms with Crippen molar-refractivity contribution in [2.45, 2.75) is 25.3 Å². The van der Waals surface area contributed by atoms with E-state index in [0.29, 0.717) is 23.0 Å². The number of hydrogen-bond donors (Lipinski definition) is 0. The second-order valence-corrected chi connectivity index (χ2v) is 8.95. The van der Waals surface area contributed by atoms with Crippen LogP contribution in [0.1, 0.15) is 47.0 Å². The smallest absolute Gasteiger partial charge is 0.310 e. The van der Waals surface area contributed by atoms with Crippen LogP contribution in [0.5, 0.6) is 23.0 Å². The fourth-order valence-corrected chi connectivity index (χ4v) is 5.19. The van der Waals surface area contributed by atoms with Gasteiger partial charge in [0.2, 0.25) is 0 Å². The van der Waals surface area contributed by atoms with Crippen LogP contribution in [0.3, 0.4) is 0 Å². The van der Waals surface area contributed by atoms with E-state index in [4.69, 9.17) is 28.5 Å². The molecule has 37 heavy (non-hydrogen) atoms. The summed E-state index contributed by atoms with van der Waals surface area (Å²) in [6.45, 7) is 0. The molecule has 2 atom stereocenters. The summed E-state index contributed by atoms with van der Waals surface area (Å²) < 4.78 is 27.3. The zero-order valence-electron chi connectivity index (χ0n) is 21.4. The highest BCUT2D eigenvalue weighted by molar-refractivity contribution is 6.09. The Hall–Kier alpha value is -4.20. The number of carbonyl (C=O) groups is 1. The first kappa shape index (κ1) is 24.5. The Bertz CT molecular complexity index is 1340. The summed E-state index contributed by atoms with van der Waals surface area (Å²) in [5, 5.41) is 6.48. The van der Waals surface area contributed by atoms with Crippen molar-refractivity contribution in [2.24, 2.45) is 11.0 Å². The summed E-state index contributed by atoms with van der Waals surface area (Å²) in [5.41, 5.74) is 3.92. The van der Waals surface area contributed by atoms with Gasteiger partial charge in [0.05, 0.1) is 46.5 Å². The normalized spacial score (nSPS) is 19.8. The Morgan fingerprint density at radius 3 is 2.32 bits per heavy atom. The van der Waals surface area contributed by atoms with Crippen LogP contribution in [-0.2, 0) is 0 Å². The van der Waals surface area contributed by atoms with E-state index in [2.05, 4.69) is 6.08 Å². The van der Waals surface area contributed by atoms with E-state index in [-0.39, 0.29) is 23.6 Å². The second-order valence-electron chi connectivity index (χ2n) is 8.95. The molecule has 2 aromatic carbocycles. The molecule has 0 radical (unpaired) electrons. The third kappa shape index (κ3) is 4.55. The maximum Gasteiger partial charge on any atom is 0.310 e. The van der Waals surface area contributed by atoms with Gasteiger partial charge in [-0.05, 0) is 78.4 Å². The van der Waals surface area contributed by atoms with Crippen molar-refractivity contribution in [2.75, 3.05) is 28.4 Å². The SMILES string of the molecule is COc1ccc(/C=C2\CCC[C@@H]3C2=NN(C(=O)c2ccco2)[C@H]3c2ccc(OC)c(OC)c2)cc1OC. The van der Waals surface area contributed by atoms with E-state index in [1.807, 2.05) is 36.4 Å². The topological polar surface area (TPSA) is 82.7 Å². The number of furan rings is 1. The van der Waals surface area contributed by atoms with Gasteiger partial charge in [0.1, 0.15) is 0 Å². The van der Waals surface area contributed by atoms with Gasteiger partial charge < -0.3 is 23.4 Å². The second kappa shape index (κ2) is 10.4. The molecular weight excluding hydrogens is 472 g/mol. The number of fused-ring (bicyclic) bond motifs is 1. The van der Waals surface area contributed by atoms with Gasteiger partial charge >= 0.3 is 5.91 Å². The van der Waals surface area contributed by atoms with Crippen molar-refractivity contribution in [3.63, 3.8) is 0 Å². The van der Waals surface area contributed by atoms with Crippen LogP contribution in [0.25, 0.3) is 6.08 Å². The minimum atomic E-state index is -0.304. The first-order valence-corrected chi connectivity index (χ1v) is 12.2. The fourth-order valence-electron chi connectivity index (χ4n) is 5.19. The summed E-state index contributed by atoms with van der Waals surface area (Å²) in [6, 6.07) is 14.7. The number of ether oxygens (including phenoxy) is 4. The molecule has 8 nitrogen and oxygen atoms in total. The lowest BCUT2D eigenvalue weighted by Crippen LogP contribution is -2.31. The molecule has 1 amide bonds. The number of rotatable bonds is 7. The number of amides is 1. The quantitative estimate of drug-likeness (QED) is 0.409. The maximum absolute atomic E-state index is 13.6. The number of allylic oxidation sites excluding steroid dienone is 1. The molecule has 1 saturated carbocycles. The number of hydrazone groups is 1. The summed E-state index contributed by atoms with van der Waals surface area (Å²) in [6.07, 6.45) is 6.38. The van der Waals surface area contributed by atoms with Gasteiger partial charge in [-0.15, -0.1) is 0 Å². The lowest BCUT2D eigenvalue weighted by Gasteiger charge is -2.29. The molecule has 1 fully saturated rings. The first-order chi connectivity index (χ1) is 18.1. The van der Waals surface area contributed by atoms with Crippen LogP contribution < -0.4 is 18.9 Å². The zero-order chi connectivity index (χ0) is 25.9. The molecule has 2 heterocycles. The molecule has 1 aliphatic heterocycles. The van der Waals surface area contributed by atoms with Crippen molar-refractivity contribution in [3.05, 3.63) is 77.3 Å². The minimum absolute atomic E-state index is 0.0251. The van der Waals surface area contributed by atoms with E-state index in [0.717, 1.165) is 41.7 Å². The molecular formula is C29H30N2O6. The molecule has 1 aromatic heterocycles. The zero-order valence-corrected chi connectivity index (χ0v) is 21.4. The van der Waals surface area contributed by atoms with E-state index in [1.165, 1.54) is 6.26 Å². The monoisotopic (exact) mass is 502 g/mol. The summed E-state index contributed by atoms with van der Waals surface area (Å²) >= 11 is 0. The third-order valence-electron chi connectivity index (χ3n) is 6.94. The number of benzene rings is 2. The van der Waals surface area contributed by atoms with Crippen LogP contribution in [0, 0.1) is 5.92 Å². The largest absolute Gasteiger partial charge is 0.493 e. The maximum atomic E-state index is 13.6. The van der Waals surface area contributed by atoms with Crippen molar-refractivity contribution in [1.82, 2.24) is 5.01 Å². The standard InChI is InChI=1S/C29H30N2O6/c1-33-22-12-10-18(16-25(22)35-3)15-19-7-5-8-21-27(19)30-31(29(32)24-9-6-14-37-24)28(21)20-11-13-23(34-2)26(17-20)36-4/h6,9-17,21,28H,5,7-8H2,1-4H3/b19-15+/t21-,28+/m1/s1. The van der Waals surface area contributed by atoms with Gasteiger partial charge in [0.15, 0.2) is 28.8 Å². The molecule has 0 N–H and O–H groups in total. The van der Waals surface area contributed by atoms with Crippen molar-refractivity contribution >= 4 is 17.7 Å². The van der Waals surface area contributed by atoms with Gasteiger partial charge in [-0.3, -0.25) is 4.79 Å². The van der Waals surface area contributed by atoms with Crippen molar-refractivity contribution in [3.8, 4) is 23.0 Å². The fraction of sp³-hybridized carbons (Fsp3) is 0.310. The molecule has 0 bridgehead atoms. The van der Waals surface area contributed by atoms with Crippen LogP contribution in [-0.4, -0.2) is 45.1 Å². The Kier molecular flexibility index (Phi) is 6.90. The summed E-state index contributed by atoms with van der Waals surface area (Å²) in [7, 11) is 6.45. The van der Waals surface area contributed by atoms with Crippen LogP contribution in [0.4, 0.5) is 0 Å². The Morgan fingerprint density at radius 2 is 1.65 bits per heavy atom. The Labute approximate surface area is 216 Å². The number of nitrogens with zero attached hydrogens (tertiary/aromatic N) is 2. The van der Waals surface area contributed by atoms with E-state index in [1.54, 1.807) is 45.6 Å². The molecule has 2 aliphatic rings. The molecule has 0 saturated heterocycles. The summed E-state index contributed by atoms with van der Waals surface area (Å²) in [4.78, 5) is 13.6. The number of carbonyl (C=O) groups excluding carboxylic acids is 1. The van der Waals surface area contributed by atoms with Gasteiger partial charge in [0.25, 0.3) is 0 Å². The van der Waals surface area contributed by atoms with E-state index in [9.17, 15) is 4.79 Å². The molecule has 0 spiro atoms. The molecule has 8 heteroatoms. The third-order valence-corrected chi connectivity index (χ3v) is 6.94. The predicted molar refractivity (Wildman–Crippen MR) is 139 cm³/mol. The lowest BCUT2D eigenvalue weighted by atomic mass is 9.77. The first-order valence-electron chi connectivity index (χ1n) is 12.2. The Morgan fingerprint density at radius 1 is 0.946 bits per heavy atom. The highest BCUT2D eigenvalue weighted by Gasteiger charge is 2.44.